The molecule has 0 fully saturated rings. The third-order valence-corrected chi connectivity index (χ3v) is 6.16. The van der Waals surface area contributed by atoms with Gasteiger partial charge in [-0.2, -0.15) is 0 Å². The number of benzene rings is 2. The Morgan fingerprint density at radius 1 is 0.703 bits per heavy atom. The number of carboxylic acid groups (broad SMARTS) is 2. The molecule has 0 atom stereocenters. The van der Waals surface area contributed by atoms with Crippen LogP contribution >= 0.6 is 0 Å². The molecule has 1 aliphatic rings. The molecule has 6 nitrogen and oxygen atoms in total. The van der Waals surface area contributed by atoms with Gasteiger partial charge in [-0.15, -0.1) is 0 Å². The Hall–Kier alpha value is -3.93. The molecule has 0 amide bonds. The molecule has 0 bridgehead atoms. The van der Waals surface area contributed by atoms with E-state index in [1.54, 1.807) is 0 Å². The lowest BCUT2D eigenvalue weighted by atomic mass is 9.90. The van der Waals surface area contributed by atoms with Gasteiger partial charge in [0.25, 0.3) is 0 Å². The molecule has 0 heterocycles. The van der Waals surface area contributed by atoms with Crippen LogP contribution in [0, 0.1) is 0 Å². The zero-order chi connectivity index (χ0) is 27.2. The van der Waals surface area contributed by atoms with E-state index < -0.39 is 24.8 Å². The van der Waals surface area contributed by atoms with E-state index in [0.717, 1.165) is 26.2 Å². The first kappa shape index (κ1) is 29.3. The van der Waals surface area contributed by atoms with Crippen LogP contribution in [0.4, 0.5) is 5.69 Å². The predicted molar refractivity (Wildman–Crippen MR) is 146 cm³/mol. The molecule has 0 saturated heterocycles. The van der Waals surface area contributed by atoms with E-state index in [4.69, 9.17) is 0 Å². The minimum atomic E-state index is -1.37. The van der Waals surface area contributed by atoms with E-state index in [9.17, 15) is 19.8 Å². The van der Waals surface area contributed by atoms with Crippen molar-refractivity contribution < 1.29 is 24.4 Å². The van der Waals surface area contributed by atoms with Gasteiger partial charge in [0.05, 0.1) is 0 Å². The number of aliphatic carboxylic acids is 2. The second-order valence-electron chi connectivity index (χ2n) is 8.42. The van der Waals surface area contributed by atoms with Crippen LogP contribution in [0.25, 0.3) is 5.57 Å². The highest BCUT2D eigenvalue weighted by molar-refractivity contribution is 6.04. The smallest absolute Gasteiger partial charge is 0.199 e. The van der Waals surface area contributed by atoms with Gasteiger partial charge in [0, 0.05) is 42.9 Å². The first-order valence-electron chi connectivity index (χ1n) is 12.9. The van der Waals surface area contributed by atoms with Crippen LogP contribution in [0.3, 0.4) is 0 Å². The third kappa shape index (κ3) is 8.90. The molecule has 3 rings (SSSR count). The summed E-state index contributed by atoms with van der Waals surface area (Å²) < 4.78 is 2.38. The van der Waals surface area contributed by atoms with Crippen LogP contribution < -0.4 is 15.1 Å². The highest BCUT2D eigenvalue weighted by Gasteiger charge is 2.14. The van der Waals surface area contributed by atoms with Crippen molar-refractivity contribution in [3.05, 3.63) is 95.6 Å². The zero-order valence-electron chi connectivity index (χ0n) is 22.3. The van der Waals surface area contributed by atoms with E-state index in [1.807, 2.05) is 0 Å². The Balaban J connectivity index is 0.000000521. The Labute approximate surface area is 220 Å². The molecule has 2 aromatic rings. The molecule has 0 aliphatic heterocycles. The molecule has 0 unspecified atom stereocenters. The zero-order valence-corrected chi connectivity index (χ0v) is 22.3. The Kier molecular flexibility index (Phi) is 12.1. The van der Waals surface area contributed by atoms with Gasteiger partial charge in [0.15, 0.2) is 5.71 Å². The van der Waals surface area contributed by atoms with Crippen molar-refractivity contribution in [3.8, 4) is 0 Å². The van der Waals surface area contributed by atoms with Crippen molar-refractivity contribution in [3.63, 3.8) is 0 Å². The summed E-state index contributed by atoms with van der Waals surface area (Å²) in [4.78, 5) is 21.4. The average Bonchev–Trinajstić information content (AvgIpc) is 2.92. The van der Waals surface area contributed by atoms with E-state index in [-0.39, 0.29) is 0 Å². The van der Waals surface area contributed by atoms with E-state index >= 15 is 0 Å². The topological polar surface area (TPSA) is 86.5 Å². The summed E-state index contributed by atoms with van der Waals surface area (Å²) in [5, 5.41) is 19.0. The fourth-order valence-electron chi connectivity index (χ4n) is 4.16. The minimum absolute atomic E-state index is 0.470. The minimum Gasteiger partial charge on any atom is -0.550 e. The first-order chi connectivity index (χ1) is 17.8. The number of anilines is 1. The lowest BCUT2D eigenvalue weighted by molar-refractivity contribution is -0.519. The largest absolute Gasteiger partial charge is 0.550 e. The number of hydrogen-bond acceptors (Lipinski definition) is 5. The van der Waals surface area contributed by atoms with Gasteiger partial charge in [-0.25, -0.2) is 4.58 Å². The second kappa shape index (κ2) is 15.2. The summed E-state index contributed by atoms with van der Waals surface area (Å²) in [5.41, 5.74) is 7.60. The Bertz CT molecular complexity index is 1120. The van der Waals surface area contributed by atoms with Crippen LogP contribution in [-0.2, 0) is 9.59 Å². The molecule has 1 aliphatic carbocycles. The van der Waals surface area contributed by atoms with Crippen molar-refractivity contribution in [2.45, 2.75) is 40.5 Å². The molecule has 0 aromatic heterocycles. The molecule has 2 aromatic carbocycles. The normalized spacial score (nSPS) is 12.0. The highest BCUT2D eigenvalue weighted by Crippen LogP contribution is 2.31. The highest BCUT2D eigenvalue weighted by atomic mass is 16.4. The SMILES string of the molecule is CCN(CC)c1ccc(C(=C2C=CC(=[N+](CC)CC)C=C2)c2ccccc2)cc1.O=C([O-])CCC(=O)[O-]. The molecular formula is C31H37N2O4-. The van der Waals surface area contributed by atoms with Crippen LogP contribution in [0.1, 0.15) is 51.7 Å². The number of carboxylic acids is 2. The summed E-state index contributed by atoms with van der Waals surface area (Å²) in [6.45, 7) is 12.9. The van der Waals surface area contributed by atoms with Crippen LogP contribution in [0.2, 0.25) is 0 Å². The van der Waals surface area contributed by atoms with Crippen molar-refractivity contribution in [2.24, 2.45) is 0 Å². The summed E-state index contributed by atoms with van der Waals surface area (Å²) in [5.74, 6) is -2.73. The van der Waals surface area contributed by atoms with Gasteiger partial charge >= 0.3 is 0 Å². The molecule has 0 radical (unpaired) electrons. The maximum atomic E-state index is 9.50. The van der Waals surface area contributed by atoms with Crippen LogP contribution in [0.5, 0.6) is 0 Å². The predicted octanol–water partition coefficient (Wildman–Crippen LogP) is 3.22. The van der Waals surface area contributed by atoms with Gasteiger partial charge in [-0.1, -0.05) is 42.5 Å². The molecule has 0 N–H and O–H groups in total. The lowest BCUT2D eigenvalue weighted by Crippen LogP contribution is -2.27. The maximum absolute atomic E-state index is 9.50. The van der Waals surface area contributed by atoms with Crippen molar-refractivity contribution >= 4 is 28.9 Å². The number of rotatable bonds is 10. The number of hydrogen-bond donors (Lipinski definition) is 0. The van der Waals surface area contributed by atoms with E-state index in [2.05, 4.69) is 116 Å². The van der Waals surface area contributed by atoms with Gasteiger partial charge in [0.1, 0.15) is 13.1 Å². The second-order valence-corrected chi connectivity index (χ2v) is 8.42. The van der Waals surface area contributed by atoms with E-state index in [0.29, 0.717) is 0 Å². The molecule has 196 valence electrons. The van der Waals surface area contributed by atoms with Crippen molar-refractivity contribution in [1.29, 1.82) is 0 Å². The quantitative estimate of drug-likeness (QED) is 0.467. The third-order valence-electron chi connectivity index (χ3n) is 6.16. The van der Waals surface area contributed by atoms with Crippen LogP contribution in [0.15, 0.2) is 84.5 Å². The molecule has 37 heavy (non-hydrogen) atoms. The standard InChI is InChI=1S/C27H33N2.C4H6O4/c1-5-28(6-2)25-18-14-23(15-19-25)27(22-12-10-9-11-13-22)24-16-20-26(21-17-24)29(7-3)8-4;5-3(6)1-2-4(7)8/h9-21H,5-8H2,1-4H3;1-2H2,(H,5,6)(H,7,8)/q+1;/p-2. The number of carbonyl (C=O) groups is 2. The maximum Gasteiger partial charge on any atom is 0.199 e. The lowest BCUT2D eigenvalue weighted by Gasteiger charge is -2.22. The number of carbonyl (C=O) groups excluding carboxylic acids is 2. The molecule has 0 spiro atoms. The fraction of sp³-hybridized carbons (Fsp3) is 0.323. The summed E-state index contributed by atoms with van der Waals surface area (Å²) in [6, 6.07) is 19.7. The monoisotopic (exact) mass is 501 g/mol. The Morgan fingerprint density at radius 3 is 1.62 bits per heavy atom. The van der Waals surface area contributed by atoms with Gasteiger partial charge in [0.2, 0.25) is 0 Å². The van der Waals surface area contributed by atoms with Gasteiger partial charge in [-0.3, -0.25) is 0 Å². The molecular weight excluding hydrogens is 464 g/mol. The van der Waals surface area contributed by atoms with Gasteiger partial charge in [-0.05, 0) is 87.1 Å². The summed E-state index contributed by atoms with van der Waals surface area (Å²) in [7, 11) is 0. The van der Waals surface area contributed by atoms with Crippen LogP contribution in [-0.4, -0.2) is 48.4 Å². The number of nitrogens with zero attached hydrogens (tertiary/aromatic N) is 2. The molecule has 0 saturated carbocycles. The average molecular weight is 502 g/mol. The van der Waals surface area contributed by atoms with E-state index in [1.165, 1.54) is 33.7 Å². The summed E-state index contributed by atoms with van der Waals surface area (Å²) >= 11 is 0. The summed E-state index contributed by atoms with van der Waals surface area (Å²) in [6.07, 6.45) is 8.07. The Morgan fingerprint density at radius 2 is 1.19 bits per heavy atom. The first-order valence-corrected chi connectivity index (χ1v) is 12.9. The molecule has 6 heteroatoms. The fourth-order valence-corrected chi connectivity index (χ4v) is 4.16. The number of allylic oxidation sites excluding steroid dienone is 5. The van der Waals surface area contributed by atoms with Crippen molar-refractivity contribution in [2.75, 3.05) is 31.1 Å². The van der Waals surface area contributed by atoms with Crippen molar-refractivity contribution in [1.82, 2.24) is 0 Å². The van der Waals surface area contributed by atoms with Gasteiger partial charge < -0.3 is 24.7 Å².